The lowest BCUT2D eigenvalue weighted by Crippen LogP contribution is -2.28. The maximum Gasteiger partial charge on any atom is 0.226 e. The number of primary amides is 1. The van der Waals surface area contributed by atoms with Crippen LogP contribution < -0.4 is 11.0 Å². The normalized spacial score (nSPS) is 14.6. The Balaban J connectivity index is 2.62. The predicted molar refractivity (Wildman–Crippen MR) is 102 cm³/mol. The Morgan fingerprint density at radius 1 is 1.04 bits per heavy atom. The van der Waals surface area contributed by atoms with Gasteiger partial charge in [-0.15, -0.1) is 0 Å². The molecule has 2 rings (SSSR count). The van der Waals surface area contributed by atoms with Crippen molar-refractivity contribution in [2.45, 2.75) is 27.7 Å². The van der Waals surface area contributed by atoms with E-state index in [0.717, 1.165) is 16.7 Å². The van der Waals surface area contributed by atoms with E-state index in [1.165, 1.54) is 0 Å². The second kappa shape index (κ2) is 7.37. The highest BCUT2D eigenvalue weighted by molar-refractivity contribution is 7.87. The molecule has 25 heavy (non-hydrogen) atoms. The second-order valence-corrected chi connectivity index (χ2v) is 9.41. The second-order valence-electron chi connectivity index (χ2n) is 6.64. The van der Waals surface area contributed by atoms with Gasteiger partial charge in [-0.1, -0.05) is 55.0 Å². The quantitative estimate of drug-likeness (QED) is 0.803. The fraction of sp³-hybridized carbons (Fsp3) is 0.300. The lowest BCUT2D eigenvalue weighted by Gasteiger charge is -2.22. The molecule has 1 amide bonds. The van der Waals surface area contributed by atoms with Gasteiger partial charge in [0.1, 0.15) is 0 Å². The largest absolute Gasteiger partial charge is 0.369 e. The van der Waals surface area contributed by atoms with Gasteiger partial charge >= 0.3 is 0 Å². The van der Waals surface area contributed by atoms with Crippen molar-refractivity contribution in [1.29, 1.82) is 0 Å². The number of amides is 1. The molecule has 5 heteroatoms. The van der Waals surface area contributed by atoms with Gasteiger partial charge in [0.05, 0.1) is 0 Å². The monoisotopic (exact) mass is 357 g/mol. The number of nitrogens with two attached hydrogens (primary N) is 1. The van der Waals surface area contributed by atoms with Crippen LogP contribution in [0.5, 0.6) is 0 Å². The molecule has 2 aromatic rings. The van der Waals surface area contributed by atoms with E-state index in [-0.39, 0.29) is 6.16 Å². The number of carbonyl (C=O) groups is 2. The van der Waals surface area contributed by atoms with Crippen molar-refractivity contribution >= 4 is 23.9 Å². The van der Waals surface area contributed by atoms with Crippen LogP contribution in [0.15, 0.2) is 42.5 Å². The van der Waals surface area contributed by atoms with Crippen molar-refractivity contribution in [2.75, 3.05) is 6.16 Å². The van der Waals surface area contributed by atoms with Gasteiger partial charge in [-0.25, -0.2) is 0 Å². The number of rotatable bonds is 6. The van der Waals surface area contributed by atoms with Crippen LogP contribution in [-0.4, -0.2) is 17.6 Å². The molecule has 0 fully saturated rings. The third-order valence-electron chi connectivity index (χ3n) is 4.41. The molecule has 0 saturated heterocycles. The highest BCUT2D eigenvalue weighted by Gasteiger charge is 2.38. The minimum absolute atomic E-state index is 0.0576. The molecule has 0 saturated carbocycles. The molecule has 0 heterocycles. The van der Waals surface area contributed by atoms with Gasteiger partial charge in [0.2, 0.25) is 11.4 Å². The summed E-state index contributed by atoms with van der Waals surface area (Å²) in [5, 5.41) is 0.465. The summed E-state index contributed by atoms with van der Waals surface area (Å²) in [6.07, 6.45) is -0.0576. The van der Waals surface area contributed by atoms with Crippen molar-refractivity contribution in [3.8, 4) is 0 Å². The topological polar surface area (TPSA) is 77.2 Å². The van der Waals surface area contributed by atoms with E-state index in [1.54, 1.807) is 37.3 Å². The molecule has 0 aromatic heterocycles. The molecular weight excluding hydrogens is 333 g/mol. The molecule has 2 aromatic carbocycles. The number of carbonyl (C=O) groups excluding carboxylic acids is 2. The SMILES string of the molecule is Cc1cc(C)c(C(=O)P(=O)(CC(C)C(N)=O)c2ccccc2)c(C)c1. The average molecular weight is 357 g/mol. The van der Waals surface area contributed by atoms with Crippen molar-refractivity contribution in [3.63, 3.8) is 0 Å². The molecule has 0 aliphatic carbocycles. The Morgan fingerprint density at radius 3 is 2.04 bits per heavy atom. The summed E-state index contributed by atoms with van der Waals surface area (Å²) >= 11 is 0. The van der Waals surface area contributed by atoms with Gasteiger partial charge in [0, 0.05) is 22.9 Å². The molecule has 0 aliphatic heterocycles. The minimum atomic E-state index is -3.50. The van der Waals surface area contributed by atoms with E-state index in [0.29, 0.717) is 10.9 Å². The number of hydrogen-bond acceptors (Lipinski definition) is 3. The van der Waals surface area contributed by atoms with Crippen LogP contribution >= 0.6 is 7.14 Å². The number of benzene rings is 2. The molecule has 0 aliphatic rings. The molecule has 2 atom stereocenters. The Kier molecular flexibility index (Phi) is 5.64. The van der Waals surface area contributed by atoms with Crippen molar-refractivity contribution in [2.24, 2.45) is 11.7 Å². The standard InChI is InChI=1S/C20H24NO3P/c1-13-10-14(2)18(15(3)11-13)20(23)25(24,12-16(4)19(21)22)17-8-6-5-7-9-17/h5-11,16H,12H2,1-4H3,(H2,21,22). The average Bonchev–Trinajstić information content (AvgIpc) is 2.54. The van der Waals surface area contributed by atoms with E-state index in [1.807, 2.05) is 32.9 Å². The molecule has 132 valence electrons. The van der Waals surface area contributed by atoms with E-state index >= 15 is 0 Å². The highest BCUT2D eigenvalue weighted by Crippen LogP contribution is 2.50. The summed E-state index contributed by atoms with van der Waals surface area (Å²) in [5.74, 6) is -1.21. The summed E-state index contributed by atoms with van der Waals surface area (Å²) in [6, 6.07) is 12.5. The van der Waals surface area contributed by atoms with Crippen molar-refractivity contribution in [1.82, 2.24) is 0 Å². The molecule has 4 nitrogen and oxygen atoms in total. The fourth-order valence-corrected chi connectivity index (χ4v) is 6.08. The molecule has 0 radical (unpaired) electrons. The Morgan fingerprint density at radius 2 is 1.56 bits per heavy atom. The van der Waals surface area contributed by atoms with E-state index in [2.05, 4.69) is 0 Å². The van der Waals surface area contributed by atoms with Crippen LogP contribution in [-0.2, 0) is 9.36 Å². The number of hydrogen-bond donors (Lipinski definition) is 1. The van der Waals surface area contributed by atoms with Crippen LogP contribution in [0.25, 0.3) is 0 Å². The Bertz CT molecular complexity index is 835. The first-order valence-corrected chi connectivity index (χ1v) is 10.1. The first-order valence-electron chi connectivity index (χ1n) is 8.23. The first kappa shape index (κ1) is 19.1. The van der Waals surface area contributed by atoms with Crippen LogP contribution in [0.3, 0.4) is 0 Å². The summed E-state index contributed by atoms with van der Waals surface area (Å²) in [7, 11) is -3.50. The fourth-order valence-electron chi connectivity index (χ4n) is 3.15. The zero-order chi connectivity index (χ0) is 18.8. The third-order valence-corrected chi connectivity index (χ3v) is 7.48. The summed E-state index contributed by atoms with van der Waals surface area (Å²) in [6.45, 7) is 7.26. The Hall–Kier alpha value is -2.19. The maximum absolute atomic E-state index is 13.9. The predicted octanol–water partition coefficient (Wildman–Crippen LogP) is 3.56. The lowest BCUT2D eigenvalue weighted by molar-refractivity contribution is -0.120. The Labute approximate surface area is 148 Å². The first-order chi connectivity index (χ1) is 11.7. The zero-order valence-corrected chi connectivity index (χ0v) is 16.0. The maximum atomic E-state index is 13.9. The van der Waals surface area contributed by atoms with Gasteiger partial charge < -0.3 is 10.3 Å². The highest BCUT2D eigenvalue weighted by atomic mass is 31.2. The molecule has 2 unspecified atom stereocenters. The van der Waals surface area contributed by atoms with Gasteiger partial charge in [0.25, 0.3) is 0 Å². The van der Waals surface area contributed by atoms with Crippen LogP contribution in [0.4, 0.5) is 0 Å². The van der Waals surface area contributed by atoms with Gasteiger partial charge in [-0.05, 0) is 31.9 Å². The van der Waals surface area contributed by atoms with Gasteiger partial charge in [-0.2, -0.15) is 0 Å². The van der Waals surface area contributed by atoms with E-state index in [4.69, 9.17) is 5.73 Å². The van der Waals surface area contributed by atoms with E-state index < -0.39 is 24.5 Å². The molecule has 0 bridgehead atoms. The smallest absolute Gasteiger partial charge is 0.226 e. The molecule has 0 spiro atoms. The van der Waals surface area contributed by atoms with Crippen LogP contribution in [0.2, 0.25) is 0 Å². The van der Waals surface area contributed by atoms with Crippen LogP contribution in [0, 0.1) is 26.7 Å². The summed E-state index contributed by atoms with van der Waals surface area (Å²) in [5.41, 5.74) is 8.09. The van der Waals surface area contributed by atoms with E-state index in [9.17, 15) is 14.2 Å². The van der Waals surface area contributed by atoms with Gasteiger partial charge in [0.15, 0.2) is 7.14 Å². The summed E-state index contributed by atoms with van der Waals surface area (Å²) in [4.78, 5) is 24.9. The molecule has 2 N–H and O–H groups in total. The number of aryl methyl sites for hydroxylation is 3. The minimum Gasteiger partial charge on any atom is -0.369 e. The lowest BCUT2D eigenvalue weighted by atomic mass is 10.0. The van der Waals surface area contributed by atoms with Crippen molar-refractivity contribution < 1.29 is 14.2 Å². The summed E-state index contributed by atoms with van der Waals surface area (Å²) < 4.78 is 13.9. The van der Waals surface area contributed by atoms with Crippen LogP contribution in [0.1, 0.15) is 34.0 Å². The van der Waals surface area contributed by atoms with Gasteiger partial charge in [-0.3, -0.25) is 9.59 Å². The zero-order valence-electron chi connectivity index (χ0n) is 15.1. The molecular formula is C20H24NO3P. The third kappa shape index (κ3) is 3.91. The van der Waals surface area contributed by atoms with Crippen molar-refractivity contribution in [3.05, 3.63) is 64.7 Å².